The first-order valence-corrected chi connectivity index (χ1v) is 3.52. The topological polar surface area (TPSA) is 104 Å². The molecule has 0 spiro atoms. The summed E-state index contributed by atoms with van der Waals surface area (Å²) < 4.78 is 0. The van der Waals surface area contributed by atoms with Crippen molar-refractivity contribution >= 4 is 12.0 Å². The molecule has 0 saturated heterocycles. The molecule has 5 N–H and O–H groups in total. The zero-order valence-corrected chi connectivity index (χ0v) is 6.83. The van der Waals surface area contributed by atoms with Crippen molar-refractivity contribution in [1.82, 2.24) is 10.6 Å². The van der Waals surface area contributed by atoms with Crippen LogP contribution in [0.5, 0.6) is 0 Å². The lowest BCUT2D eigenvalue weighted by Crippen LogP contribution is -2.38. The minimum Gasteiger partial charge on any atom is -0.480 e. The number of urea groups is 1. The minimum atomic E-state index is -1.06. The standard InChI is InChI=1S/C6H13N3O3/c1-8-6(12)9-3-2-4(7)5(10)11/h4H,2-3,7H2,1H3,(H,10,11)(H2,8,9,12)/t4-/m0/s1. The summed E-state index contributed by atoms with van der Waals surface area (Å²) in [4.78, 5) is 20.7. The number of nitrogens with one attached hydrogen (secondary N) is 2. The van der Waals surface area contributed by atoms with Gasteiger partial charge in [0.25, 0.3) is 0 Å². The average molecular weight is 175 g/mol. The van der Waals surface area contributed by atoms with Gasteiger partial charge >= 0.3 is 12.0 Å². The first kappa shape index (κ1) is 10.7. The number of carbonyl (C=O) groups is 2. The van der Waals surface area contributed by atoms with E-state index in [1.807, 2.05) is 0 Å². The van der Waals surface area contributed by atoms with E-state index in [9.17, 15) is 9.59 Å². The molecule has 6 heteroatoms. The van der Waals surface area contributed by atoms with Crippen LogP contribution in [0.15, 0.2) is 0 Å². The lowest BCUT2D eigenvalue weighted by atomic mass is 10.2. The van der Waals surface area contributed by atoms with Gasteiger partial charge in [-0.2, -0.15) is 0 Å². The lowest BCUT2D eigenvalue weighted by Gasteiger charge is -2.06. The molecule has 0 unspecified atom stereocenters. The molecule has 0 saturated carbocycles. The van der Waals surface area contributed by atoms with Crippen LogP contribution < -0.4 is 16.4 Å². The number of nitrogens with two attached hydrogens (primary N) is 1. The second-order valence-electron chi connectivity index (χ2n) is 2.24. The Morgan fingerprint density at radius 3 is 2.58 bits per heavy atom. The smallest absolute Gasteiger partial charge is 0.320 e. The van der Waals surface area contributed by atoms with E-state index in [2.05, 4.69) is 10.6 Å². The zero-order valence-electron chi connectivity index (χ0n) is 6.83. The molecule has 0 aliphatic carbocycles. The van der Waals surface area contributed by atoms with Crippen molar-refractivity contribution in [2.45, 2.75) is 12.5 Å². The molecule has 0 aromatic heterocycles. The molecule has 70 valence electrons. The van der Waals surface area contributed by atoms with Crippen molar-refractivity contribution in [2.24, 2.45) is 5.73 Å². The van der Waals surface area contributed by atoms with E-state index >= 15 is 0 Å². The van der Waals surface area contributed by atoms with E-state index in [0.717, 1.165) is 0 Å². The van der Waals surface area contributed by atoms with E-state index in [0.29, 0.717) is 0 Å². The molecule has 1 atom stereocenters. The Morgan fingerprint density at radius 1 is 1.58 bits per heavy atom. The number of aliphatic carboxylic acids is 1. The van der Waals surface area contributed by atoms with Crippen molar-refractivity contribution in [1.29, 1.82) is 0 Å². The fourth-order valence-corrected chi connectivity index (χ4v) is 0.553. The largest absolute Gasteiger partial charge is 0.480 e. The summed E-state index contributed by atoms with van der Waals surface area (Å²) in [6.45, 7) is 0.257. The normalized spacial score (nSPS) is 11.8. The van der Waals surface area contributed by atoms with Gasteiger partial charge in [-0.15, -0.1) is 0 Å². The monoisotopic (exact) mass is 175 g/mol. The second kappa shape index (κ2) is 5.36. The highest BCUT2D eigenvalue weighted by Crippen LogP contribution is 1.85. The number of carboxylic acids is 1. The van der Waals surface area contributed by atoms with E-state index in [4.69, 9.17) is 10.8 Å². The summed E-state index contributed by atoms with van der Waals surface area (Å²) in [5.74, 6) is -1.06. The van der Waals surface area contributed by atoms with Gasteiger partial charge in [0.05, 0.1) is 0 Å². The third-order valence-electron chi connectivity index (χ3n) is 1.29. The van der Waals surface area contributed by atoms with Gasteiger partial charge in [0, 0.05) is 13.6 Å². The highest BCUT2D eigenvalue weighted by Gasteiger charge is 2.10. The first-order valence-electron chi connectivity index (χ1n) is 3.52. The summed E-state index contributed by atoms with van der Waals surface area (Å²) >= 11 is 0. The van der Waals surface area contributed by atoms with Gasteiger partial charge in [0.15, 0.2) is 0 Å². The molecular formula is C6H13N3O3. The number of carbonyl (C=O) groups excluding carboxylic acids is 1. The van der Waals surface area contributed by atoms with Crippen molar-refractivity contribution in [3.05, 3.63) is 0 Å². The molecule has 0 fully saturated rings. The summed E-state index contributed by atoms with van der Waals surface area (Å²) in [6.07, 6.45) is 0.225. The Morgan fingerprint density at radius 2 is 2.17 bits per heavy atom. The van der Waals surface area contributed by atoms with Gasteiger partial charge in [-0.05, 0) is 6.42 Å². The highest BCUT2D eigenvalue weighted by atomic mass is 16.4. The van der Waals surface area contributed by atoms with Gasteiger partial charge in [0.1, 0.15) is 6.04 Å². The number of carboxylic acid groups (broad SMARTS) is 1. The molecule has 0 bridgehead atoms. The Hall–Kier alpha value is -1.30. The fourth-order valence-electron chi connectivity index (χ4n) is 0.553. The number of hydrogen-bond acceptors (Lipinski definition) is 3. The lowest BCUT2D eigenvalue weighted by molar-refractivity contribution is -0.138. The van der Waals surface area contributed by atoms with Crippen molar-refractivity contribution < 1.29 is 14.7 Å². The number of amides is 2. The maximum Gasteiger partial charge on any atom is 0.320 e. The molecule has 0 aromatic carbocycles. The highest BCUT2D eigenvalue weighted by molar-refractivity contribution is 5.74. The van der Waals surface area contributed by atoms with Crippen LogP contribution in [0, 0.1) is 0 Å². The molecule has 0 rings (SSSR count). The Kier molecular flexibility index (Phi) is 4.78. The van der Waals surface area contributed by atoms with Gasteiger partial charge in [-0.25, -0.2) is 4.79 Å². The third-order valence-corrected chi connectivity index (χ3v) is 1.29. The first-order chi connectivity index (χ1) is 5.57. The molecular weight excluding hydrogens is 162 g/mol. The van der Waals surface area contributed by atoms with Gasteiger partial charge in [-0.3, -0.25) is 4.79 Å². The molecule has 2 amide bonds. The molecule has 0 aromatic rings. The average Bonchev–Trinajstić information content (AvgIpc) is 2.03. The van der Waals surface area contributed by atoms with Crippen LogP contribution in [-0.2, 0) is 4.79 Å². The molecule has 0 heterocycles. The summed E-state index contributed by atoms with van der Waals surface area (Å²) in [5, 5.41) is 13.1. The van der Waals surface area contributed by atoms with Crippen LogP contribution in [0.25, 0.3) is 0 Å². The summed E-state index contributed by atoms with van der Waals surface area (Å²) in [6, 6.07) is -1.25. The minimum absolute atomic E-state index is 0.225. The number of rotatable bonds is 4. The SMILES string of the molecule is CNC(=O)NCC[C@H](N)C(=O)O. The van der Waals surface area contributed by atoms with Crippen molar-refractivity contribution in [3.63, 3.8) is 0 Å². The Labute approximate surface area is 70.1 Å². The number of hydrogen-bond donors (Lipinski definition) is 4. The summed E-state index contributed by atoms with van der Waals surface area (Å²) in [7, 11) is 1.48. The van der Waals surface area contributed by atoms with Crippen LogP contribution >= 0.6 is 0 Å². The summed E-state index contributed by atoms with van der Waals surface area (Å²) in [5.41, 5.74) is 5.17. The Balaban J connectivity index is 3.43. The van der Waals surface area contributed by atoms with E-state index < -0.39 is 12.0 Å². The maximum atomic E-state index is 10.6. The molecule has 0 aliphatic rings. The molecule has 0 aliphatic heterocycles. The van der Waals surface area contributed by atoms with Gasteiger partial charge in [0.2, 0.25) is 0 Å². The predicted molar refractivity (Wildman–Crippen MR) is 42.7 cm³/mol. The third kappa shape index (κ3) is 4.51. The van der Waals surface area contributed by atoms with Gasteiger partial charge in [-0.1, -0.05) is 0 Å². The van der Waals surface area contributed by atoms with E-state index in [1.54, 1.807) is 0 Å². The predicted octanol–water partition coefficient (Wildman–Crippen LogP) is -1.28. The maximum absolute atomic E-state index is 10.6. The fraction of sp³-hybridized carbons (Fsp3) is 0.667. The van der Waals surface area contributed by atoms with Crippen LogP contribution in [0.2, 0.25) is 0 Å². The quantitative estimate of drug-likeness (QED) is 0.427. The van der Waals surface area contributed by atoms with Crippen molar-refractivity contribution in [3.8, 4) is 0 Å². The van der Waals surface area contributed by atoms with Crippen LogP contribution in [-0.4, -0.2) is 36.7 Å². The second-order valence-corrected chi connectivity index (χ2v) is 2.24. The Bertz CT molecular complexity index is 171. The van der Waals surface area contributed by atoms with Gasteiger partial charge < -0.3 is 21.5 Å². The zero-order chi connectivity index (χ0) is 9.56. The van der Waals surface area contributed by atoms with E-state index in [-0.39, 0.29) is 19.0 Å². The van der Waals surface area contributed by atoms with Crippen molar-refractivity contribution in [2.75, 3.05) is 13.6 Å². The van der Waals surface area contributed by atoms with Crippen LogP contribution in [0.3, 0.4) is 0 Å². The molecule has 12 heavy (non-hydrogen) atoms. The van der Waals surface area contributed by atoms with Crippen LogP contribution in [0.4, 0.5) is 4.79 Å². The molecule has 6 nitrogen and oxygen atoms in total. The molecule has 0 radical (unpaired) electrons. The van der Waals surface area contributed by atoms with Crippen LogP contribution in [0.1, 0.15) is 6.42 Å². The van der Waals surface area contributed by atoms with E-state index in [1.165, 1.54) is 7.05 Å².